The fraction of sp³-hybridized carbons (Fsp3) is 0.600. The fourth-order valence-corrected chi connectivity index (χ4v) is 1.72. The Hall–Kier alpha value is -1.03. The highest BCUT2D eigenvalue weighted by atomic mass is 19.4. The first kappa shape index (κ1) is 16.0. The predicted molar refractivity (Wildman–Crippen MR) is 69.6 cm³/mol. The lowest BCUT2D eigenvalue weighted by molar-refractivity contribution is -0.137. The maximum Gasteiger partial charge on any atom is 0.416 e. The van der Waals surface area contributed by atoms with E-state index in [1.165, 1.54) is 12.1 Å². The average molecular weight is 274 g/mol. The summed E-state index contributed by atoms with van der Waals surface area (Å²) in [4.78, 5) is 0. The van der Waals surface area contributed by atoms with Gasteiger partial charge in [0.05, 0.1) is 11.7 Å². The van der Waals surface area contributed by atoms with E-state index in [1.807, 2.05) is 6.92 Å². The molecular formula is C15H21F3O. The number of halogens is 3. The Balaban J connectivity index is 2.76. The molecule has 0 heterocycles. The molecule has 0 spiro atoms. The molecule has 1 aromatic rings. The largest absolute Gasteiger partial charge is 0.416 e. The molecule has 0 saturated carbocycles. The van der Waals surface area contributed by atoms with E-state index < -0.39 is 17.8 Å². The minimum Gasteiger partial charge on any atom is -0.388 e. The van der Waals surface area contributed by atoms with Crippen LogP contribution in [0.4, 0.5) is 13.2 Å². The van der Waals surface area contributed by atoms with Crippen molar-refractivity contribution >= 4 is 0 Å². The fourth-order valence-electron chi connectivity index (χ4n) is 1.72. The number of rotatable bonds is 3. The molecule has 2 atom stereocenters. The molecular weight excluding hydrogens is 253 g/mol. The number of aliphatic hydroxyl groups excluding tert-OH is 1. The quantitative estimate of drug-likeness (QED) is 0.838. The number of aliphatic hydroxyl groups is 1. The van der Waals surface area contributed by atoms with Gasteiger partial charge in [0.15, 0.2) is 0 Å². The van der Waals surface area contributed by atoms with E-state index in [9.17, 15) is 18.3 Å². The number of hydrogen-bond donors (Lipinski definition) is 1. The summed E-state index contributed by atoms with van der Waals surface area (Å²) in [5.74, 6) is 0.268. The summed E-state index contributed by atoms with van der Waals surface area (Å²) >= 11 is 0. The maximum atomic E-state index is 12.4. The SMILES string of the molecule is CC(CC(O)c1ccc(C(F)(F)F)cc1)C(C)(C)C. The lowest BCUT2D eigenvalue weighted by Gasteiger charge is -2.29. The standard InChI is InChI=1S/C15H21F3O/c1-10(14(2,3)4)9-13(19)11-5-7-12(8-6-11)15(16,17)18/h5-8,10,13,19H,9H2,1-4H3. The molecule has 108 valence electrons. The maximum absolute atomic E-state index is 12.4. The van der Waals surface area contributed by atoms with Gasteiger partial charge in [-0.05, 0) is 35.4 Å². The van der Waals surface area contributed by atoms with Crippen LogP contribution < -0.4 is 0 Å². The Bertz CT molecular complexity index is 401. The third kappa shape index (κ3) is 4.53. The highest BCUT2D eigenvalue weighted by Gasteiger charge is 2.30. The molecule has 0 aliphatic carbocycles. The first-order chi connectivity index (χ1) is 8.51. The van der Waals surface area contributed by atoms with Crippen molar-refractivity contribution < 1.29 is 18.3 Å². The van der Waals surface area contributed by atoms with Crippen molar-refractivity contribution in [3.8, 4) is 0 Å². The molecule has 2 unspecified atom stereocenters. The van der Waals surface area contributed by atoms with Gasteiger partial charge < -0.3 is 5.11 Å². The zero-order valence-electron chi connectivity index (χ0n) is 11.8. The Kier molecular flexibility index (Phi) is 4.67. The van der Waals surface area contributed by atoms with Crippen molar-refractivity contribution in [1.29, 1.82) is 0 Å². The zero-order valence-corrected chi connectivity index (χ0v) is 11.8. The van der Waals surface area contributed by atoms with E-state index in [4.69, 9.17) is 0 Å². The molecule has 0 aliphatic heterocycles. The van der Waals surface area contributed by atoms with Crippen molar-refractivity contribution in [1.82, 2.24) is 0 Å². The van der Waals surface area contributed by atoms with Gasteiger partial charge in [-0.25, -0.2) is 0 Å². The summed E-state index contributed by atoms with van der Waals surface area (Å²) in [6, 6.07) is 4.73. The van der Waals surface area contributed by atoms with Crippen LogP contribution in [0.15, 0.2) is 24.3 Å². The minimum atomic E-state index is -4.33. The van der Waals surface area contributed by atoms with Gasteiger partial charge in [-0.2, -0.15) is 13.2 Å². The Morgan fingerprint density at radius 3 is 1.89 bits per heavy atom. The number of alkyl halides is 3. The first-order valence-electron chi connectivity index (χ1n) is 6.37. The van der Waals surface area contributed by atoms with E-state index in [0.717, 1.165) is 12.1 Å². The van der Waals surface area contributed by atoms with Crippen LogP contribution in [0.3, 0.4) is 0 Å². The molecule has 1 nitrogen and oxygen atoms in total. The van der Waals surface area contributed by atoms with Crippen LogP contribution in [0.1, 0.15) is 51.3 Å². The monoisotopic (exact) mass is 274 g/mol. The van der Waals surface area contributed by atoms with Gasteiger partial charge in [-0.1, -0.05) is 39.8 Å². The lowest BCUT2D eigenvalue weighted by atomic mass is 9.78. The summed E-state index contributed by atoms with van der Waals surface area (Å²) < 4.78 is 37.3. The van der Waals surface area contributed by atoms with Gasteiger partial charge in [0.2, 0.25) is 0 Å². The smallest absolute Gasteiger partial charge is 0.388 e. The van der Waals surface area contributed by atoms with Crippen molar-refractivity contribution in [3.63, 3.8) is 0 Å². The molecule has 1 N–H and O–H groups in total. The lowest BCUT2D eigenvalue weighted by Crippen LogP contribution is -2.19. The zero-order chi connectivity index (χ0) is 14.8. The molecule has 0 saturated heterocycles. The molecule has 1 rings (SSSR count). The van der Waals surface area contributed by atoms with Gasteiger partial charge in [0, 0.05) is 0 Å². The van der Waals surface area contributed by atoms with Crippen LogP contribution in [-0.2, 0) is 6.18 Å². The molecule has 0 bridgehead atoms. The second-order valence-electron chi connectivity index (χ2n) is 6.14. The van der Waals surface area contributed by atoms with E-state index in [2.05, 4.69) is 20.8 Å². The molecule has 19 heavy (non-hydrogen) atoms. The van der Waals surface area contributed by atoms with Gasteiger partial charge in [0.25, 0.3) is 0 Å². The van der Waals surface area contributed by atoms with Crippen LogP contribution in [-0.4, -0.2) is 5.11 Å². The highest BCUT2D eigenvalue weighted by Crippen LogP contribution is 2.34. The first-order valence-corrected chi connectivity index (χ1v) is 6.37. The van der Waals surface area contributed by atoms with Crippen LogP contribution in [0, 0.1) is 11.3 Å². The molecule has 0 fully saturated rings. The van der Waals surface area contributed by atoms with Crippen LogP contribution in [0.25, 0.3) is 0 Å². The normalized spacial score (nSPS) is 16.2. The summed E-state index contributed by atoms with van der Waals surface area (Å²) in [5, 5.41) is 10.1. The summed E-state index contributed by atoms with van der Waals surface area (Å²) in [6.07, 6.45) is -4.52. The molecule has 4 heteroatoms. The molecule has 0 aliphatic rings. The second-order valence-corrected chi connectivity index (χ2v) is 6.14. The Labute approximate surface area is 112 Å². The topological polar surface area (TPSA) is 20.2 Å². The third-order valence-electron chi connectivity index (χ3n) is 3.68. The Morgan fingerprint density at radius 1 is 1.05 bits per heavy atom. The van der Waals surface area contributed by atoms with E-state index >= 15 is 0 Å². The van der Waals surface area contributed by atoms with Gasteiger partial charge in [-0.3, -0.25) is 0 Å². The number of hydrogen-bond acceptors (Lipinski definition) is 1. The van der Waals surface area contributed by atoms with Crippen LogP contribution in [0.5, 0.6) is 0 Å². The van der Waals surface area contributed by atoms with E-state index in [-0.39, 0.29) is 11.3 Å². The van der Waals surface area contributed by atoms with Crippen molar-refractivity contribution in [3.05, 3.63) is 35.4 Å². The molecule has 1 aromatic carbocycles. The van der Waals surface area contributed by atoms with Crippen LogP contribution in [0.2, 0.25) is 0 Å². The van der Waals surface area contributed by atoms with E-state index in [1.54, 1.807) is 0 Å². The predicted octanol–water partition coefficient (Wildman–Crippen LogP) is 4.81. The third-order valence-corrected chi connectivity index (χ3v) is 3.68. The minimum absolute atomic E-state index is 0.0624. The summed E-state index contributed by atoms with van der Waals surface area (Å²) in [7, 11) is 0. The molecule has 0 radical (unpaired) electrons. The summed E-state index contributed by atoms with van der Waals surface area (Å²) in [6.45, 7) is 8.28. The van der Waals surface area contributed by atoms with Gasteiger partial charge in [-0.15, -0.1) is 0 Å². The van der Waals surface area contributed by atoms with Crippen molar-refractivity contribution in [2.75, 3.05) is 0 Å². The van der Waals surface area contributed by atoms with Gasteiger partial charge >= 0.3 is 6.18 Å². The molecule has 0 amide bonds. The average Bonchev–Trinajstić information content (AvgIpc) is 2.26. The van der Waals surface area contributed by atoms with Crippen molar-refractivity contribution in [2.24, 2.45) is 11.3 Å². The van der Waals surface area contributed by atoms with Crippen molar-refractivity contribution in [2.45, 2.75) is 46.4 Å². The Morgan fingerprint density at radius 2 is 1.53 bits per heavy atom. The molecule has 0 aromatic heterocycles. The van der Waals surface area contributed by atoms with Crippen LogP contribution >= 0.6 is 0 Å². The second kappa shape index (κ2) is 5.53. The highest BCUT2D eigenvalue weighted by molar-refractivity contribution is 5.26. The van der Waals surface area contributed by atoms with E-state index in [0.29, 0.717) is 12.0 Å². The summed E-state index contributed by atoms with van der Waals surface area (Å²) in [5.41, 5.74) is -0.0937. The van der Waals surface area contributed by atoms with Gasteiger partial charge in [0.1, 0.15) is 0 Å². The number of benzene rings is 1.